The van der Waals surface area contributed by atoms with Crippen LogP contribution in [-0.2, 0) is 20.7 Å². The quantitative estimate of drug-likeness (QED) is 0.854. The molecular weight excluding hydrogens is 334 g/mol. The normalized spacial score (nSPS) is 16.0. The molecule has 1 atom stereocenters. The molecule has 0 aliphatic carbocycles. The van der Waals surface area contributed by atoms with Crippen molar-refractivity contribution in [1.29, 1.82) is 0 Å². The summed E-state index contributed by atoms with van der Waals surface area (Å²) in [6, 6.07) is 15.8. The van der Waals surface area contributed by atoms with Crippen molar-refractivity contribution in [2.45, 2.75) is 19.6 Å². The molecule has 26 heavy (non-hydrogen) atoms. The first-order chi connectivity index (χ1) is 12.5. The molecule has 134 valence electrons. The minimum Gasteiger partial charge on any atom is -0.508 e. The van der Waals surface area contributed by atoms with Crippen molar-refractivity contribution in [3.05, 3.63) is 65.7 Å². The van der Waals surface area contributed by atoms with Crippen molar-refractivity contribution < 1.29 is 19.4 Å². The summed E-state index contributed by atoms with van der Waals surface area (Å²) in [6.07, 6.45) is -0.534. The Morgan fingerprint density at radius 3 is 2.50 bits per heavy atom. The lowest BCUT2D eigenvalue weighted by Gasteiger charge is -2.18. The van der Waals surface area contributed by atoms with Crippen molar-refractivity contribution in [2.24, 2.45) is 5.10 Å². The molecule has 1 heterocycles. The summed E-state index contributed by atoms with van der Waals surface area (Å²) in [7, 11) is 0. The van der Waals surface area contributed by atoms with Gasteiger partial charge in [-0.2, -0.15) is 5.01 Å². The fourth-order valence-electron chi connectivity index (χ4n) is 2.52. The first kappa shape index (κ1) is 17.5. The molecule has 1 unspecified atom stereocenters. The summed E-state index contributed by atoms with van der Waals surface area (Å²) in [6.45, 7) is 1.70. The summed E-state index contributed by atoms with van der Waals surface area (Å²) in [4.78, 5) is 24.2. The zero-order valence-electron chi connectivity index (χ0n) is 14.3. The zero-order valence-corrected chi connectivity index (χ0v) is 14.3. The minimum absolute atomic E-state index is 0.194. The number of phenols is 1. The van der Waals surface area contributed by atoms with Gasteiger partial charge in [-0.25, -0.2) is 0 Å². The number of aromatic hydroxyl groups is 1. The molecule has 0 aromatic heterocycles. The zero-order chi connectivity index (χ0) is 18.5. The van der Waals surface area contributed by atoms with E-state index in [1.165, 1.54) is 6.92 Å². The van der Waals surface area contributed by atoms with E-state index >= 15 is 0 Å². The van der Waals surface area contributed by atoms with Gasteiger partial charge in [-0.3, -0.25) is 9.59 Å². The summed E-state index contributed by atoms with van der Waals surface area (Å²) >= 11 is 0. The second-order valence-electron chi connectivity index (χ2n) is 5.81. The maximum absolute atomic E-state index is 12.4. The highest BCUT2D eigenvalue weighted by Gasteiger charge is 2.37. The average Bonchev–Trinajstić information content (AvgIpc) is 3.10. The number of nitrogens with one attached hydrogen (secondary N) is 1. The summed E-state index contributed by atoms with van der Waals surface area (Å²) in [5.74, 6) is -0.386. The molecule has 7 nitrogen and oxygen atoms in total. The molecule has 0 bridgehead atoms. The van der Waals surface area contributed by atoms with E-state index in [-0.39, 0.29) is 17.6 Å². The van der Waals surface area contributed by atoms with Crippen LogP contribution in [0.15, 0.2) is 59.7 Å². The smallest absolute Gasteiger partial charge is 0.284 e. The molecule has 2 N–H and O–H groups in total. The molecule has 3 rings (SSSR count). The molecule has 0 fully saturated rings. The standard InChI is InChI=1S/C19H19N3O4/c1-13(23)22-19(26-18(21-22)15-5-3-2-4-6-15)17(25)20-12-11-14-7-9-16(24)10-8-14/h2-10,19,24H,11-12H2,1H3,(H,20,25). The molecule has 2 aromatic rings. The van der Waals surface area contributed by atoms with Gasteiger partial charge in [0.25, 0.3) is 12.1 Å². The van der Waals surface area contributed by atoms with Gasteiger partial charge in [0.2, 0.25) is 11.8 Å². The maximum atomic E-state index is 12.4. The van der Waals surface area contributed by atoms with Gasteiger partial charge in [-0.15, -0.1) is 5.10 Å². The second-order valence-corrected chi connectivity index (χ2v) is 5.81. The number of rotatable bonds is 5. The maximum Gasteiger partial charge on any atom is 0.284 e. The van der Waals surface area contributed by atoms with Crippen LogP contribution in [0.1, 0.15) is 18.1 Å². The Kier molecular flexibility index (Phi) is 5.17. The number of ether oxygens (including phenoxy) is 1. The number of carbonyl (C=O) groups excluding carboxylic acids is 2. The molecule has 1 aliphatic rings. The summed E-state index contributed by atoms with van der Waals surface area (Å²) in [5, 5.41) is 17.2. The predicted molar refractivity (Wildman–Crippen MR) is 95.2 cm³/mol. The van der Waals surface area contributed by atoms with E-state index in [1.54, 1.807) is 36.4 Å². The third-order valence-electron chi connectivity index (χ3n) is 3.86. The van der Waals surface area contributed by atoms with Gasteiger partial charge < -0.3 is 15.2 Å². The Hall–Kier alpha value is -3.35. The number of hydrazone groups is 1. The van der Waals surface area contributed by atoms with Crippen LogP contribution in [-0.4, -0.2) is 40.6 Å². The molecule has 7 heteroatoms. The van der Waals surface area contributed by atoms with Gasteiger partial charge in [0, 0.05) is 19.0 Å². The molecule has 0 saturated carbocycles. The second kappa shape index (κ2) is 7.69. The van der Waals surface area contributed by atoms with Crippen LogP contribution in [0, 0.1) is 0 Å². The Balaban J connectivity index is 1.61. The van der Waals surface area contributed by atoms with Crippen LogP contribution in [0.5, 0.6) is 5.75 Å². The fourth-order valence-corrected chi connectivity index (χ4v) is 2.52. The minimum atomic E-state index is -1.12. The van der Waals surface area contributed by atoms with E-state index in [9.17, 15) is 14.7 Å². The number of hydrogen-bond donors (Lipinski definition) is 2. The number of benzene rings is 2. The largest absolute Gasteiger partial charge is 0.508 e. The first-order valence-electron chi connectivity index (χ1n) is 8.20. The van der Waals surface area contributed by atoms with Crippen molar-refractivity contribution in [3.63, 3.8) is 0 Å². The van der Waals surface area contributed by atoms with Gasteiger partial charge in [-0.05, 0) is 36.2 Å². The molecule has 0 spiro atoms. The molecule has 2 amide bonds. The predicted octanol–water partition coefficient (Wildman–Crippen LogP) is 1.62. The average molecular weight is 353 g/mol. The monoisotopic (exact) mass is 353 g/mol. The van der Waals surface area contributed by atoms with Crippen molar-refractivity contribution in [2.75, 3.05) is 6.54 Å². The Labute approximate surface area is 150 Å². The third kappa shape index (κ3) is 4.00. The molecule has 0 saturated heterocycles. The summed E-state index contributed by atoms with van der Waals surface area (Å²) in [5.41, 5.74) is 1.67. The van der Waals surface area contributed by atoms with Crippen LogP contribution in [0.2, 0.25) is 0 Å². The third-order valence-corrected chi connectivity index (χ3v) is 3.86. The van der Waals surface area contributed by atoms with Crippen molar-refractivity contribution in [3.8, 4) is 5.75 Å². The van der Waals surface area contributed by atoms with E-state index in [0.717, 1.165) is 10.6 Å². The number of amides is 2. The molecule has 2 aromatic carbocycles. The van der Waals surface area contributed by atoms with Crippen LogP contribution in [0.25, 0.3) is 0 Å². The highest BCUT2D eigenvalue weighted by Crippen LogP contribution is 2.18. The number of nitrogens with zero attached hydrogens (tertiary/aromatic N) is 2. The van der Waals surface area contributed by atoms with Crippen LogP contribution >= 0.6 is 0 Å². The highest BCUT2D eigenvalue weighted by atomic mass is 16.5. The number of hydrogen-bond acceptors (Lipinski definition) is 5. The van der Waals surface area contributed by atoms with Gasteiger partial charge >= 0.3 is 0 Å². The van der Waals surface area contributed by atoms with Crippen LogP contribution < -0.4 is 5.32 Å². The van der Waals surface area contributed by atoms with Gasteiger partial charge in [-0.1, -0.05) is 30.3 Å². The van der Waals surface area contributed by atoms with Gasteiger partial charge in [0.15, 0.2) is 0 Å². The van der Waals surface area contributed by atoms with E-state index in [0.29, 0.717) is 18.5 Å². The molecule has 1 aliphatic heterocycles. The Bertz CT molecular complexity index is 818. The lowest BCUT2D eigenvalue weighted by Crippen LogP contribution is -2.45. The first-order valence-corrected chi connectivity index (χ1v) is 8.20. The van der Waals surface area contributed by atoms with Crippen molar-refractivity contribution >= 4 is 17.7 Å². The van der Waals surface area contributed by atoms with Gasteiger partial charge in [0.1, 0.15) is 5.75 Å². The SMILES string of the molecule is CC(=O)N1N=C(c2ccccc2)OC1C(=O)NCCc1ccc(O)cc1. The number of phenolic OH excluding ortho intramolecular Hbond substituents is 1. The van der Waals surface area contributed by atoms with E-state index in [2.05, 4.69) is 10.4 Å². The molecule has 0 radical (unpaired) electrons. The van der Waals surface area contributed by atoms with E-state index in [1.807, 2.05) is 18.2 Å². The van der Waals surface area contributed by atoms with E-state index < -0.39 is 12.1 Å². The van der Waals surface area contributed by atoms with Crippen LogP contribution in [0.4, 0.5) is 0 Å². The summed E-state index contributed by atoms with van der Waals surface area (Å²) < 4.78 is 5.61. The van der Waals surface area contributed by atoms with Crippen molar-refractivity contribution in [1.82, 2.24) is 10.3 Å². The Morgan fingerprint density at radius 2 is 1.85 bits per heavy atom. The fraction of sp³-hybridized carbons (Fsp3) is 0.211. The van der Waals surface area contributed by atoms with E-state index in [4.69, 9.17) is 4.74 Å². The molecular formula is C19H19N3O4. The number of carbonyl (C=O) groups is 2. The topological polar surface area (TPSA) is 91.2 Å². The Morgan fingerprint density at radius 1 is 1.15 bits per heavy atom. The van der Waals surface area contributed by atoms with Crippen LogP contribution in [0.3, 0.4) is 0 Å². The van der Waals surface area contributed by atoms with Gasteiger partial charge in [0.05, 0.1) is 0 Å². The lowest BCUT2D eigenvalue weighted by molar-refractivity contribution is -0.146. The highest BCUT2D eigenvalue weighted by molar-refractivity contribution is 5.99. The lowest BCUT2D eigenvalue weighted by atomic mass is 10.1.